The molecule has 1 aliphatic rings. The minimum Gasteiger partial charge on any atom is -0.378 e. The van der Waals surface area contributed by atoms with Crippen molar-refractivity contribution in [1.82, 2.24) is 9.97 Å². The van der Waals surface area contributed by atoms with Gasteiger partial charge in [-0.1, -0.05) is 13.8 Å². The number of nitrogens with zero attached hydrogens (tertiary/aromatic N) is 3. The Balaban J connectivity index is 1.68. The molecule has 24 heavy (non-hydrogen) atoms. The van der Waals surface area contributed by atoms with Crippen molar-refractivity contribution in [3.63, 3.8) is 0 Å². The van der Waals surface area contributed by atoms with Crippen LogP contribution in [0.15, 0.2) is 18.3 Å². The Morgan fingerprint density at radius 2 is 2.08 bits per heavy atom. The Hall–Kier alpha value is -1.99. The number of amides is 1. The van der Waals surface area contributed by atoms with Crippen LogP contribution in [-0.4, -0.2) is 42.2 Å². The van der Waals surface area contributed by atoms with Crippen molar-refractivity contribution in [1.29, 1.82) is 0 Å². The molecule has 0 spiro atoms. The number of hydrogen-bond donors (Lipinski definition) is 1. The van der Waals surface area contributed by atoms with Crippen molar-refractivity contribution >= 4 is 28.7 Å². The van der Waals surface area contributed by atoms with Crippen LogP contribution in [0.3, 0.4) is 0 Å². The third kappa shape index (κ3) is 3.73. The minimum atomic E-state index is -0.127. The molecular formula is C17H22N4O2S. The zero-order valence-electron chi connectivity index (χ0n) is 14.2. The third-order valence-corrected chi connectivity index (χ3v) is 5.31. The summed E-state index contributed by atoms with van der Waals surface area (Å²) in [6, 6.07) is 3.81. The van der Waals surface area contributed by atoms with E-state index >= 15 is 0 Å². The van der Waals surface area contributed by atoms with Gasteiger partial charge in [0.25, 0.3) is 5.91 Å². The summed E-state index contributed by atoms with van der Waals surface area (Å²) in [7, 11) is 0. The average molecular weight is 346 g/mol. The molecule has 1 fully saturated rings. The fourth-order valence-corrected chi connectivity index (χ4v) is 3.47. The number of pyridine rings is 1. The van der Waals surface area contributed by atoms with Crippen LogP contribution in [0.1, 0.15) is 40.1 Å². The number of nitrogens with one attached hydrogen (secondary N) is 1. The maximum atomic E-state index is 12.5. The first-order chi connectivity index (χ1) is 11.5. The van der Waals surface area contributed by atoms with Crippen molar-refractivity contribution in [2.24, 2.45) is 0 Å². The van der Waals surface area contributed by atoms with Gasteiger partial charge in [0.2, 0.25) is 0 Å². The molecule has 0 bridgehead atoms. The van der Waals surface area contributed by atoms with Gasteiger partial charge in [-0.05, 0) is 19.1 Å². The lowest BCUT2D eigenvalue weighted by Gasteiger charge is -2.27. The summed E-state index contributed by atoms with van der Waals surface area (Å²) in [5.74, 6) is 1.11. The first-order valence-corrected chi connectivity index (χ1v) is 8.93. The van der Waals surface area contributed by atoms with E-state index in [-0.39, 0.29) is 5.91 Å². The zero-order valence-corrected chi connectivity index (χ0v) is 15.0. The smallest absolute Gasteiger partial charge is 0.267 e. The summed E-state index contributed by atoms with van der Waals surface area (Å²) >= 11 is 1.46. The third-order valence-electron chi connectivity index (χ3n) is 3.85. The lowest BCUT2D eigenvalue weighted by Crippen LogP contribution is -2.36. The topological polar surface area (TPSA) is 67.4 Å². The van der Waals surface area contributed by atoms with Crippen molar-refractivity contribution in [2.75, 3.05) is 36.5 Å². The zero-order chi connectivity index (χ0) is 17.1. The molecule has 0 unspecified atom stereocenters. The number of aryl methyl sites for hydroxylation is 1. The molecule has 0 radical (unpaired) electrons. The molecule has 128 valence electrons. The highest BCUT2D eigenvalue weighted by atomic mass is 32.1. The fraction of sp³-hybridized carbons (Fsp3) is 0.471. The van der Waals surface area contributed by atoms with E-state index < -0.39 is 0 Å². The van der Waals surface area contributed by atoms with Gasteiger partial charge in [-0.15, -0.1) is 11.3 Å². The first-order valence-electron chi connectivity index (χ1n) is 8.12. The molecular weight excluding hydrogens is 324 g/mol. The molecule has 2 aromatic heterocycles. The van der Waals surface area contributed by atoms with Gasteiger partial charge in [-0.25, -0.2) is 9.97 Å². The lowest BCUT2D eigenvalue weighted by atomic mass is 10.2. The highest BCUT2D eigenvalue weighted by molar-refractivity contribution is 7.14. The Labute approximate surface area is 145 Å². The van der Waals surface area contributed by atoms with E-state index in [0.717, 1.165) is 42.8 Å². The molecule has 6 nitrogen and oxygen atoms in total. The van der Waals surface area contributed by atoms with Crippen molar-refractivity contribution < 1.29 is 9.53 Å². The van der Waals surface area contributed by atoms with Crippen LogP contribution in [0, 0.1) is 6.92 Å². The molecule has 0 aliphatic carbocycles. The van der Waals surface area contributed by atoms with Gasteiger partial charge in [-0.2, -0.15) is 0 Å². The maximum absolute atomic E-state index is 12.5. The summed E-state index contributed by atoms with van der Waals surface area (Å²) in [4.78, 5) is 24.2. The van der Waals surface area contributed by atoms with Gasteiger partial charge in [0, 0.05) is 19.0 Å². The summed E-state index contributed by atoms with van der Waals surface area (Å²) in [6.45, 7) is 9.17. The predicted octanol–water partition coefficient (Wildman–Crippen LogP) is 3.06. The van der Waals surface area contributed by atoms with Gasteiger partial charge in [0.1, 0.15) is 10.7 Å². The van der Waals surface area contributed by atoms with E-state index in [1.807, 2.05) is 19.1 Å². The van der Waals surface area contributed by atoms with E-state index in [2.05, 4.69) is 34.0 Å². The molecule has 1 aliphatic heterocycles. The largest absolute Gasteiger partial charge is 0.378 e. The van der Waals surface area contributed by atoms with Crippen LogP contribution in [0.25, 0.3) is 0 Å². The van der Waals surface area contributed by atoms with E-state index in [4.69, 9.17) is 4.74 Å². The quantitative estimate of drug-likeness (QED) is 0.921. The van der Waals surface area contributed by atoms with Crippen LogP contribution in [-0.2, 0) is 4.74 Å². The van der Waals surface area contributed by atoms with Crippen LogP contribution in [0.5, 0.6) is 0 Å². The Bertz CT molecular complexity index is 706. The second-order valence-corrected chi connectivity index (χ2v) is 7.11. The van der Waals surface area contributed by atoms with Gasteiger partial charge in [-0.3, -0.25) is 4.79 Å². The number of carbonyl (C=O) groups excluding carboxylic acids is 1. The second-order valence-electron chi connectivity index (χ2n) is 6.08. The minimum absolute atomic E-state index is 0.127. The second kappa shape index (κ2) is 7.27. The number of hydrogen-bond acceptors (Lipinski definition) is 6. The number of aromatic nitrogens is 2. The highest BCUT2D eigenvalue weighted by Crippen LogP contribution is 2.25. The first kappa shape index (κ1) is 16.9. The molecule has 0 saturated carbocycles. The Morgan fingerprint density at radius 1 is 1.33 bits per heavy atom. The van der Waals surface area contributed by atoms with Gasteiger partial charge >= 0.3 is 0 Å². The lowest BCUT2D eigenvalue weighted by molar-refractivity contribution is 0.103. The van der Waals surface area contributed by atoms with E-state index in [1.165, 1.54) is 11.3 Å². The van der Waals surface area contributed by atoms with E-state index in [1.54, 1.807) is 6.20 Å². The number of morpholine rings is 1. The van der Waals surface area contributed by atoms with E-state index in [0.29, 0.717) is 16.5 Å². The van der Waals surface area contributed by atoms with Crippen molar-refractivity contribution in [3.8, 4) is 0 Å². The number of carbonyl (C=O) groups is 1. The van der Waals surface area contributed by atoms with Gasteiger partial charge in [0.05, 0.1) is 35.8 Å². The summed E-state index contributed by atoms with van der Waals surface area (Å²) in [6.07, 6.45) is 1.70. The molecule has 0 aromatic carbocycles. The van der Waals surface area contributed by atoms with Gasteiger partial charge < -0.3 is 15.0 Å². The monoisotopic (exact) mass is 346 g/mol. The molecule has 0 atom stereocenters. The SMILES string of the molecule is Cc1nc(C(C)C)sc1C(=O)Nc1ccc(N2CCOCC2)nc1. The number of thiazole rings is 1. The molecule has 1 amide bonds. The fourth-order valence-electron chi connectivity index (χ4n) is 2.50. The number of anilines is 2. The maximum Gasteiger partial charge on any atom is 0.267 e. The molecule has 3 rings (SSSR count). The highest BCUT2D eigenvalue weighted by Gasteiger charge is 2.17. The Kier molecular flexibility index (Phi) is 5.11. The van der Waals surface area contributed by atoms with Crippen LogP contribution < -0.4 is 10.2 Å². The molecule has 2 aromatic rings. The number of rotatable bonds is 4. The Morgan fingerprint density at radius 3 is 2.67 bits per heavy atom. The molecule has 7 heteroatoms. The van der Waals surface area contributed by atoms with Crippen molar-refractivity contribution in [3.05, 3.63) is 33.9 Å². The van der Waals surface area contributed by atoms with Crippen LogP contribution in [0.4, 0.5) is 11.5 Å². The standard InChI is InChI=1S/C17H22N4O2S/c1-11(2)17-19-12(3)15(24-17)16(22)20-13-4-5-14(18-10-13)21-6-8-23-9-7-21/h4-5,10-11H,6-9H2,1-3H3,(H,20,22). The molecule has 1 N–H and O–H groups in total. The van der Waals surface area contributed by atoms with Crippen LogP contribution >= 0.6 is 11.3 Å². The molecule has 3 heterocycles. The normalized spacial score (nSPS) is 14.9. The van der Waals surface area contributed by atoms with Gasteiger partial charge in [0.15, 0.2) is 0 Å². The number of ether oxygens (including phenoxy) is 1. The summed E-state index contributed by atoms with van der Waals surface area (Å²) in [5, 5.41) is 3.89. The summed E-state index contributed by atoms with van der Waals surface area (Å²) < 4.78 is 5.35. The average Bonchev–Trinajstić information content (AvgIpc) is 2.99. The molecule has 1 saturated heterocycles. The van der Waals surface area contributed by atoms with Crippen molar-refractivity contribution in [2.45, 2.75) is 26.7 Å². The van der Waals surface area contributed by atoms with E-state index in [9.17, 15) is 4.79 Å². The summed E-state index contributed by atoms with van der Waals surface area (Å²) in [5.41, 5.74) is 1.47. The van der Waals surface area contributed by atoms with Crippen LogP contribution in [0.2, 0.25) is 0 Å². The predicted molar refractivity (Wildman–Crippen MR) is 96.2 cm³/mol.